The van der Waals surface area contributed by atoms with E-state index < -0.39 is 29.7 Å². The second kappa shape index (κ2) is 7.91. The molecule has 0 spiro atoms. The largest absolute Gasteiger partial charge is 0.394 e. The zero-order valence-electron chi connectivity index (χ0n) is 19.4. The molecule has 0 saturated carbocycles. The smallest absolute Gasteiger partial charge is 0.330 e. The van der Waals surface area contributed by atoms with Crippen LogP contribution in [0.4, 0.5) is 5.69 Å². The predicted octanol–water partition coefficient (Wildman–Crippen LogP) is 2.81. The zero-order chi connectivity index (χ0) is 24.4. The summed E-state index contributed by atoms with van der Waals surface area (Å²) in [7, 11) is 4.06. The van der Waals surface area contributed by atoms with Gasteiger partial charge in [0, 0.05) is 37.8 Å². The number of aliphatic hydroxyl groups excluding tert-OH is 2. The van der Waals surface area contributed by atoms with Crippen molar-refractivity contribution in [3.63, 3.8) is 0 Å². The van der Waals surface area contributed by atoms with Gasteiger partial charge in [0.05, 0.1) is 18.3 Å². The molecule has 1 saturated heterocycles. The quantitative estimate of drug-likeness (QED) is 0.348. The van der Waals surface area contributed by atoms with Gasteiger partial charge in [-0.15, -0.1) is 0 Å². The Morgan fingerprint density at radius 3 is 2.40 bits per heavy atom. The number of H-pyrrole nitrogens is 1. The molecule has 1 aromatic heterocycles. The molecule has 3 atom stereocenters. The van der Waals surface area contributed by atoms with Gasteiger partial charge in [-0.05, 0) is 50.7 Å². The van der Waals surface area contributed by atoms with Crippen LogP contribution in [0.1, 0.15) is 12.6 Å². The van der Waals surface area contributed by atoms with E-state index in [4.69, 9.17) is 4.74 Å². The minimum atomic E-state index is -0.892. The third-order valence-electron chi connectivity index (χ3n) is 7.03. The van der Waals surface area contributed by atoms with Crippen LogP contribution >= 0.6 is 0 Å². The molecule has 0 amide bonds. The first-order valence-electron chi connectivity index (χ1n) is 11.5. The number of ether oxygens (including phenoxy) is 1. The van der Waals surface area contributed by atoms with Crippen molar-refractivity contribution < 1.29 is 14.9 Å². The summed E-state index contributed by atoms with van der Waals surface area (Å²) in [5, 5.41) is 26.1. The van der Waals surface area contributed by atoms with Gasteiger partial charge >= 0.3 is 5.69 Å². The molecule has 1 fully saturated rings. The number of anilines is 1. The van der Waals surface area contributed by atoms with E-state index in [1.807, 2.05) is 26.2 Å². The Labute approximate surface area is 199 Å². The molecule has 3 N–H and O–H groups in total. The molecule has 6 rings (SSSR count). The van der Waals surface area contributed by atoms with Crippen molar-refractivity contribution in [2.45, 2.75) is 24.9 Å². The Kier molecular flexibility index (Phi) is 4.93. The summed E-state index contributed by atoms with van der Waals surface area (Å²) in [6.45, 7) is -0.353. The molecule has 8 nitrogen and oxygen atoms in total. The number of hydrogen-bond donors (Lipinski definition) is 3. The normalized spacial score (nSPS) is 20.4. The first kappa shape index (κ1) is 21.8. The third-order valence-corrected chi connectivity index (χ3v) is 7.03. The van der Waals surface area contributed by atoms with Crippen LogP contribution in [0.2, 0.25) is 0 Å². The standard InChI is InChI=1S/C27H25N3O5/c1-29(2)20-8-6-14-3-4-15-9-17(10-16-5-7-18(20)25(14)24(15)16)19-12-30(27(34)28-26(19)33)23-11-21(32)22(13-31)35-23/h3-10,12,21-23,31-32H,11,13H2,1-2H3,(H,28,33,34)/t21-,22+,23+/m0/s1. The van der Waals surface area contributed by atoms with E-state index in [1.54, 1.807) is 0 Å². The molecular formula is C27H25N3O5. The molecule has 1 aliphatic heterocycles. The van der Waals surface area contributed by atoms with Gasteiger partial charge in [0.15, 0.2) is 0 Å². The van der Waals surface area contributed by atoms with Crippen molar-refractivity contribution in [2.24, 2.45) is 0 Å². The summed E-state index contributed by atoms with van der Waals surface area (Å²) in [6.07, 6.45) is -0.815. The van der Waals surface area contributed by atoms with Crippen LogP contribution in [0.15, 0.2) is 64.3 Å². The van der Waals surface area contributed by atoms with Crippen molar-refractivity contribution in [3.8, 4) is 11.1 Å². The van der Waals surface area contributed by atoms with Crippen LogP contribution in [0.25, 0.3) is 43.4 Å². The van der Waals surface area contributed by atoms with E-state index in [1.165, 1.54) is 21.5 Å². The molecule has 4 aromatic carbocycles. The number of nitrogens with zero attached hydrogens (tertiary/aromatic N) is 2. The van der Waals surface area contributed by atoms with Gasteiger partial charge in [0.2, 0.25) is 0 Å². The van der Waals surface area contributed by atoms with Crippen LogP contribution in [0, 0.1) is 0 Å². The Hall–Kier alpha value is -3.72. The van der Waals surface area contributed by atoms with Crippen molar-refractivity contribution in [2.75, 3.05) is 25.6 Å². The van der Waals surface area contributed by atoms with Gasteiger partial charge in [-0.25, -0.2) is 4.79 Å². The SMILES string of the molecule is CN(C)c1ccc2ccc3cc(-c4cn([C@H]5C[C@H](O)[C@@H](CO)O5)c(=O)[nH]c4=O)cc4ccc1c2c34. The van der Waals surface area contributed by atoms with Crippen LogP contribution in [-0.4, -0.2) is 52.7 Å². The molecular weight excluding hydrogens is 446 g/mol. The van der Waals surface area contributed by atoms with Crippen LogP contribution in [-0.2, 0) is 4.74 Å². The van der Waals surface area contributed by atoms with Crippen molar-refractivity contribution in [3.05, 3.63) is 75.6 Å². The average molecular weight is 472 g/mol. The summed E-state index contributed by atoms with van der Waals surface area (Å²) in [4.78, 5) is 29.9. The van der Waals surface area contributed by atoms with Gasteiger partial charge in [-0.3, -0.25) is 14.3 Å². The van der Waals surface area contributed by atoms with Gasteiger partial charge in [0.1, 0.15) is 12.3 Å². The lowest BCUT2D eigenvalue weighted by molar-refractivity contribution is -0.0458. The number of nitrogens with one attached hydrogen (secondary N) is 1. The van der Waals surface area contributed by atoms with Crippen LogP contribution in [0.5, 0.6) is 0 Å². The number of hydrogen-bond acceptors (Lipinski definition) is 6. The monoisotopic (exact) mass is 471 g/mol. The molecule has 2 heterocycles. The van der Waals surface area contributed by atoms with Crippen molar-refractivity contribution >= 4 is 38.0 Å². The molecule has 35 heavy (non-hydrogen) atoms. The van der Waals surface area contributed by atoms with Crippen LogP contribution < -0.4 is 16.1 Å². The summed E-state index contributed by atoms with van der Waals surface area (Å²) in [6, 6.07) is 16.5. The molecule has 178 valence electrons. The average Bonchev–Trinajstić information content (AvgIpc) is 3.22. The Balaban J connectivity index is 1.54. The second-order valence-electron chi connectivity index (χ2n) is 9.38. The highest BCUT2D eigenvalue weighted by atomic mass is 16.5. The summed E-state index contributed by atoms with van der Waals surface area (Å²) in [5.74, 6) is 0. The fourth-order valence-electron chi connectivity index (χ4n) is 5.30. The first-order chi connectivity index (χ1) is 16.9. The first-order valence-corrected chi connectivity index (χ1v) is 11.5. The number of benzene rings is 4. The maximum absolute atomic E-state index is 12.8. The van der Waals surface area contributed by atoms with E-state index in [0.29, 0.717) is 11.1 Å². The number of aliphatic hydroxyl groups is 2. The second-order valence-corrected chi connectivity index (χ2v) is 9.38. The van der Waals surface area contributed by atoms with Crippen molar-refractivity contribution in [1.82, 2.24) is 9.55 Å². The maximum atomic E-state index is 12.8. The summed E-state index contributed by atoms with van der Waals surface area (Å²) < 4.78 is 6.93. The van der Waals surface area contributed by atoms with E-state index >= 15 is 0 Å². The highest BCUT2D eigenvalue weighted by molar-refractivity contribution is 6.25. The molecule has 0 radical (unpaired) electrons. The topological polar surface area (TPSA) is 108 Å². The lowest BCUT2D eigenvalue weighted by atomic mass is 9.91. The van der Waals surface area contributed by atoms with Crippen molar-refractivity contribution in [1.29, 1.82) is 0 Å². The molecule has 8 heteroatoms. The number of rotatable bonds is 4. The maximum Gasteiger partial charge on any atom is 0.330 e. The minimum Gasteiger partial charge on any atom is -0.394 e. The van der Waals surface area contributed by atoms with E-state index in [2.05, 4.69) is 46.3 Å². The predicted molar refractivity (Wildman–Crippen MR) is 136 cm³/mol. The molecule has 5 aromatic rings. The molecule has 0 unspecified atom stereocenters. The highest BCUT2D eigenvalue weighted by Gasteiger charge is 2.35. The van der Waals surface area contributed by atoms with Crippen LogP contribution in [0.3, 0.4) is 0 Å². The summed E-state index contributed by atoms with van der Waals surface area (Å²) >= 11 is 0. The van der Waals surface area contributed by atoms with Gasteiger partial charge in [-0.2, -0.15) is 0 Å². The lowest BCUT2D eigenvalue weighted by Crippen LogP contribution is -2.33. The summed E-state index contributed by atoms with van der Waals surface area (Å²) in [5.41, 5.74) is 1.03. The van der Waals surface area contributed by atoms with E-state index in [-0.39, 0.29) is 13.0 Å². The lowest BCUT2D eigenvalue weighted by Gasteiger charge is -2.19. The minimum absolute atomic E-state index is 0.144. The number of aromatic nitrogens is 2. The fraction of sp³-hybridized carbons (Fsp3) is 0.259. The Morgan fingerprint density at radius 2 is 1.71 bits per heavy atom. The van der Waals surface area contributed by atoms with E-state index in [9.17, 15) is 19.8 Å². The fourth-order valence-corrected chi connectivity index (χ4v) is 5.30. The van der Waals surface area contributed by atoms with Gasteiger partial charge < -0.3 is 19.8 Å². The Morgan fingerprint density at radius 1 is 1.03 bits per heavy atom. The highest BCUT2D eigenvalue weighted by Crippen LogP contribution is 2.40. The van der Waals surface area contributed by atoms with Gasteiger partial charge in [0.25, 0.3) is 5.56 Å². The molecule has 1 aliphatic rings. The molecule has 0 bridgehead atoms. The van der Waals surface area contributed by atoms with Gasteiger partial charge in [-0.1, -0.05) is 30.3 Å². The third kappa shape index (κ3) is 3.33. The zero-order valence-corrected chi connectivity index (χ0v) is 19.4. The Bertz CT molecular complexity index is 1680. The van der Waals surface area contributed by atoms with E-state index in [0.717, 1.165) is 27.2 Å². The molecule has 0 aliphatic carbocycles. The number of aromatic amines is 1.